The summed E-state index contributed by atoms with van der Waals surface area (Å²) in [6.07, 6.45) is 0.397. The zero-order chi connectivity index (χ0) is 13.1. The van der Waals surface area contributed by atoms with Crippen molar-refractivity contribution in [2.45, 2.75) is 19.4 Å². The number of rotatable bonds is 2. The van der Waals surface area contributed by atoms with E-state index < -0.39 is 0 Å². The molecule has 0 aliphatic carbocycles. The third-order valence-corrected chi connectivity index (χ3v) is 4.08. The predicted molar refractivity (Wildman–Crippen MR) is 84.1 cm³/mol. The molecule has 1 aliphatic heterocycles. The molecule has 0 radical (unpaired) electrons. The lowest BCUT2D eigenvalue weighted by Gasteiger charge is -2.32. The van der Waals surface area contributed by atoms with Crippen LogP contribution in [0.3, 0.4) is 0 Å². The molecule has 1 fully saturated rings. The Hall–Kier alpha value is -0.290. The van der Waals surface area contributed by atoms with E-state index in [4.69, 9.17) is 11.6 Å². The topological polar surface area (TPSA) is 32.3 Å². The summed E-state index contributed by atoms with van der Waals surface area (Å²) in [6.45, 7) is 4.51. The minimum absolute atomic E-state index is 0. The number of piperazine rings is 1. The van der Waals surface area contributed by atoms with Gasteiger partial charge in [-0.05, 0) is 30.7 Å². The molecule has 1 aromatic rings. The van der Waals surface area contributed by atoms with E-state index in [9.17, 15) is 4.79 Å². The highest BCUT2D eigenvalue weighted by molar-refractivity contribution is 9.10. The molecule has 19 heavy (non-hydrogen) atoms. The molecule has 1 aromatic carbocycles. The summed E-state index contributed by atoms with van der Waals surface area (Å²) < 4.78 is 0.934. The number of halogens is 3. The van der Waals surface area contributed by atoms with Gasteiger partial charge in [-0.3, -0.25) is 4.79 Å². The molecule has 1 heterocycles. The van der Waals surface area contributed by atoms with Gasteiger partial charge in [0, 0.05) is 35.2 Å². The Bertz CT molecular complexity index is 456. The Morgan fingerprint density at radius 3 is 3.00 bits per heavy atom. The number of hydrogen-bond donors (Lipinski definition) is 1. The van der Waals surface area contributed by atoms with E-state index >= 15 is 0 Å². The fourth-order valence-electron chi connectivity index (χ4n) is 2.11. The number of benzene rings is 1. The second-order valence-corrected chi connectivity index (χ2v) is 5.90. The molecule has 0 aromatic heterocycles. The first-order chi connectivity index (χ1) is 8.56. The highest BCUT2D eigenvalue weighted by Crippen LogP contribution is 2.22. The molecule has 1 atom stereocenters. The summed E-state index contributed by atoms with van der Waals surface area (Å²) in [5, 5.41) is 3.99. The van der Waals surface area contributed by atoms with E-state index in [1.54, 1.807) is 0 Å². The van der Waals surface area contributed by atoms with Crippen LogP contribution < -0.4 is 5.32 Å². The van der Waals surface area contributed by atoms with Gasteiger partial charge in [-0.15, -0.1) is 12.4 Å². The quantitative estimate of drug-likeness (QED) is 0.871. The molecule has 0 unspecified atom stereocenters. The van der Waals surface area contributed by atoms with Gasteiger partial charge >= 0.3 is 0 Å². The molecule has 2 rings (SSSR count). The molecular formula is C13H17BrCl2N2O. The van der Waals surface area contributed by atoms with Crippen LogP contribution in [0.5, 0.6) is 0 Å². The van der Waals surface area contributed by atoms with Crippen molar-refractivity contribution in [2.24, 2.45) is 0 Å². The first kappa shape index (κ1) is 16.8. The van der Waals surface area contributed by atoms with Gasteiger partial charge < -0.3 is 10.2 Å². The predicted octanol–water partition coefficient (Wildman–Crippen LogP) is 2.89. The second-order valence-electron chi connectivity index (χ2n) is 4.61. The van der Waals surface area contributed by atoms with Gasteiger partial charge in [-0.25, -0.2) is 0 Å². The molecule has 1 amide bonds. The molecule has 1 N–H and O–H groups in total. The van der Waals surface area contributed by atoms with E-state index in [2.05, 4.69) is 28.2 Å². The van der Waals surface area contributed by atoms with Crippen LogP contribution in [0.2, 0.25) is 5.02 Å². The van der Waals surface area contributed by atoms with E-state index in [-0.39, 0.29) is 18.3 Å². The van der Waals surface area contributed by atoms with Crippen molar-refractivity contribution < 1.29 is 4.79 Å². The minimum Gasteiger partial charge on any atom is -0.340 e. The van der Waals surface area contributed by atoms with Crippen molar-refractivity contribution in [1.82, 2.24) is 10.2 Å². The van der Waals surface area contributed by atoms with Gasteiger partial charge in [0.25, 0.3) is 0 Å². The maximum atomic E-state index is 12.2. The summed E-state index contributed by atoms with van der Waals surface area (Å²) in [7, 11) is 0. The van der Waals surface area contributed by atoms with E-state index in [1.807, 2.05) is 23.1 Å². The highest BCUT2D eigenvalue weighted by atomic mass is 79.9. The SMILES string of the molecule is C[C@@H]1CN(C(=O)Cc2cc(Cl)ccc2Br)CCN1.Cl. The number of carbonyl (C=O) groups is 1. The first-order valence-corrected chi connectivity index (χ1v) is 7.18. The highest BCUT2D eigenvalue weighted by Gasteiger charge is 2.21. The summed E-state index contributed by atoms with van der Waals surface area (Å²) in [4.78, 5) is 14.1. The number of nitrogens with one attached hydrogen (secondary N) is 1. The Labute approximate surface area is 133 Å². The Kier molecular flexibility index (Phi) is 6.60. The zero-order valence-corrected chi connectivity index (χ0v) is 13.8. The number of hydrogen-bond acceptors (Lipinski definition) is 2. The van der Waals surface area contributed by atoms with Crippen LogP contribution in [-0.4, -0.2) is 36.5 Å². The van der Waals surface area contributed by atoms with Crippen LogP contribution >= 0.6 is 39.9 Å². The largest absolute Gasteiger partial charge is 0.340 e. The Morgan fingerprint density at radius 2 is 2.32 bits per heavy atom. The molecule has 0 bridgehead atoms. The molecule has 1 aliphatic rings. The third kappa shape index (κ3) is 4.63. The fraction of sp³-hybridized carbons (Fsp3) is 0.462. The summed E-state index contributed by atoms with van der Waals surface area (Å²) >= 11 is 9.41. The monoisotopic (exact) mass is 366 g/mol. The van der Waals surface area contributed by atoms with Crippen molar-refractivity contribution in [1.29, 1.82) is 0 Å². The molecule has 3 nitrogen and oxygen atoms in total. The lowest BCUT2D eigenvalue weighted by Crippen LogP contribution is -2.51. The average molecular weight is 368 g/mol. The van der Waals surface area contributed by atoms with E-state index in [0.29, 0.717) is 17.5 Å². The minimum atomic E-state index is 0. The lowest BCUT2D eigenvalue weighted by atomic mass is 10.1. The molecule has 0 saturated carbocycles. The summed E-state index contributed by atoms with van der Waals surface area (Å²) in [5.74, 6) is 0.159. The summed E-state index contributed by atoms with van der Waals surface area (Å²) in [6, 6.07) is 5.90. The van der Waals surface area contributed by atoms with Crippen LogP contribution in [0.15, 0.2) is 22.7 Å². The fourth-order valence-corrected chi connectivity index (χ4v) is 2.69. The normalized spacial score (nSPS) is 18.9. The van der Waals surface area contributed by atoms with Gasteiger partial charge in [0.1, 0.15) is 0 Å². The van der Waals surface area contributed by atoms with Gasteiger partial charge in [0.05, 0.1) is 6.42 Å². The van der Waals surface area contributed by atoms with Crippen LogP contribution in [0.4, 0.5) is 0 Å². The van der Waals surface area contributed by atoms with Gasteiger partial charge in [0.15, 0.2) is 0 Å². The van der Waals surface area contributed by atoms with Crippen molar-refractivity contribution >= 4 is 45.8 Å². The standard InChI is InChI=1S/C13H16BrClN2O.ClH/c1-9-8-17(5-4-16-9)13(18)7-10-6-11(15)2-3-12(10)14;/h2-3,6,9,16H,4-5,7-8H2,1H3;1H/t9-;/m1./s1. The average Bonchev–Trinajstić information content (AvgIpc) is 2.34. The van der Waals surface area contributed by atoms with Crippen molar-refractivity contribution in [3.8, 4) is 0 Å². The van der Waals surface area contributed by atoms with Gasteiger partial charge in [-0.2, -0.15) is 0 Å². The molecule has 106 valence electrons. The molecule has 6 heteroatoms. The van der Waals surface area contributed by atoms with Crippen molar-refractivity contribution in [3.05, 3.63) is 33.3 Å². The van der Waals surface area contributed by atoms with Gasteiger partial charge in [-0.1, -0.05) is 27.5 Å². The number of amides is 1. The first-order valence-electron chi connectivity index (χ1n) is 6.01. The zero-order valence-electron chi connectivity index (χ0n) is 10.7. The molecule has 0 spiro atoms. The summed E-state index contributed by atoms with van der Waals surface area (Å²) in [5.41, 5.74) is 0.943. The maximum Gasteiger partial charge on any atom is 0.227 e. The van der Waals surface area contributed by atoms with Crippen LogP contribution in [0, 0.1) is 0 Å². The molecular weight excluding hydrogens is 351 g/mol. The third-order valence-electron chi connectivity index (χ3n) is 3.07. The number of nitrogens with zero attached hydrogens (tertiary/aromatic N) is 1. The lowest BCUT2D eigenvalue weighted by molar-refractivity contribution is -0.131. The van der Waals surface area contributed by atoms with Crippen LogP contribution in [-0.2, 0) is 11.2 Å². The van der Waals surface area contributed by atoms with Gasteiger partial charge in [0.2, 0.25) is 5.91 Å². The van der Waals surface area contributed by atoms with Crippen LogP contribution in [0.1, 0.15) is 12.5 Å². The maximum absolute atomic E-state index is 12.2. The Balaban J connectivity index is 0.00000180. The Morgan fingerprint density at radius 1 is 1.58 bits per heavy atom. The second kappa shape index (κ2) is 7.48. The van der Waals surface area contributed by atoms with Crippen molar-refractivity contribution in [3.63, 3.8) is 0 Å². The van der Waals surface area contributed by atoms with E-state index in [1.165, 1.54) is 0 Å². The van der Waals surface area contributed by atoms with E-state index in [0.717, 1.165) is 29.7 Å². The van der Waals surface area contributed by atoms with Crippen molar-refractivity contribution in [2.75, 3.05) is 19.6 Å². The van der Waals surface area contributed by atoms with Crippen LogP contribution in [0.25, 0.3) is 0 Å². The molecule has 1 saturated heterocycles. The number of carbonyl (C=O) groups excluding carboxylic acids is 1. The smallest absolute Gasteiger partial charge is 0.227 e.